The van der Waals surface area contributed by atoms with E-state index in [2.05, 4.69) is 51.8 Å². The molecule has 0 spiro atoms. The molecule has 0 aliphatic rings. The molecule has 5 atom stereocenters. The van der Waals surface area contributed by atoms with Crippen LogP contribution >= 0.6 is 0 Å². The zero-order valence-electron chi connectivity index (χ0n) is 40.6. The first-order valence-corrected chi connectivity index (χ1v) is 42.6. The zero-order chi connectivity index (χ0) is 48.1. The van der Waals surface area contributed by atoms with Crippen LogP contribution in [-0.2, 0) is 52.2 Å². The van der Waals surface area contributed by atoms with Crippen LogP contribution in [0, 0.1) is 0 Å². The van der Waals surface area contributed by atoms with Crippen LogP contribution in [0.3, 0.4) is 0 Å². The minimum Gasteiger partial charge on any atom is -0.436 e. The number of benzene rings is 1. The SMILES string of the molecule is CO[Si](CC[Si](C)(O[SiH](C)O[Si](C)(C)O[Si](C)(CCCOCF)O[Si](C)(C)CCCOCF)O[Si](C)(CC(C)c1ccccc1)O[Si](C)(C)CCCOCCC(F)(F)F)(OC)OC. The summed E-state index contributed by atoms with van der Waals surface area (Å²) in [7, 11) is -18.1. The van der Waals surface area contributed by atoms with Gasteiger partial charge >= 0.3 is 58.5 Å². The van der Waals surface area contributed by atoms with Gasteiger partial charge in [0.1, 0.15) is 0 Å². The van der Waals surface area contributed by atoms with E-state index in [0.29, 0.717) is 56.1 Å². The second-order valence-corrected chi connectivity index (χ2v) is 46.6. The molecule has 1 aromatic carbocycles. The number of hydrogen-bond donors (Lipinski definition) is 0. The summed E-state index contributed by atoms with van der Waals surface area (Å²) >= 11 is 0. The van der Waals surface area contributed by atoms with E-state index in [9.17, 15) is 22.0 Å². The molecule has 12 nitrogen and oxygen atoms in total. The first-order valence-electron chi connectivity index (χ1n) is 21.9. The van der Waals surface area contributed by atoms with Gasteiger partial charge < -0.3 is 52.2 Å². The molecule has 0 aliphatic heterocycles. The molecule has 63 heavy (non-hydrogen) atoms. The molecule has 25 heteroatoms. The van der Waals surface area contributed by atoms with Gasteiger partial charge in [-0.25, -0.2) is 8.78 Å². The molecule has 0 amide bonds. The minimum absolute atomic E-state index is 0.0784. The Kier molecular flexibility index (Phi) is 27.7. The molecule has 0 N–H and O–H groups in total. The summed E-state index contributed by atoms with van der Waals surface area (Å²) in [5.41, 5.74) is 1.15. The predicted octanol–water partition coefficient (Wildman–Crippen LogP) is 11.0. The van der Waals surface area contributed by atoms with Gasteiger partial charge in [0.15, 0.2) is 30.4 Å². The van der Waals surface area contributed by atoms with Gasteiger partial charge in [-0.05, 0) is 126 Å². The first-order chi connectivity index (χ1) is 29.1. The molecule has 1 rings (SSSR count). The van der Waals surface area contributed by atoms with Crippen LogP contribution in [0.4, 0.5) is 22.0 Å². The molecule has 0 bridgehead atoms. The molecular weight excluding hydrogens is 968 g/mol. The highest BCUT2D eigenvalue weighted by molar-refractivity contribution is 6.90. The van der Waals surface area contributed by atoms with Crippen LogP contribution in [0.2, 0.25) is 102 Å². The van der Waals surface area contributed by atoms with Crippen molar-refractivity contribution < 1.29 is 74.1 Å². The Hall–Kier alpha value is 0.125. The number of ether oxygens (including phenoxy) is 3. The third-order valence-corrected chi connectivity index (χ3v) is 42.4. The van der Waals surface area contributed by atoms with Crippen LogP contribution in [0.5, 0.6) is 0 Å². The van der Waals surface area contributed by atoms with E-state index in [1.54, 1.807) is 21.3 Å². The Morgan fingerprint density at radius 2 is 1.06 bits per heavy atom. The molecule has 0 saturated carbocycles. The van der Waals surface area contributed by atoms with E-state index in [0.717, 1.165) is 11.6 Å². The average Bonchev–Trinajstić information content (AvgIpc) is 3.16. The van der Waals surface area contributed by atoms with Crippen molar-refractivity contribution in [2.45, 2.75) is 146 Å². The molecule has 0 aliphatic carbocycles. The summed E-state index contributed by atoms with van der Waals surface area (Å²) < 4.78 is 139. The van der Waals surface area contributed by atoms with Crippen molar-refractivity contribution in [2.24, 2.45) is 0 Å². The summed E-state index contributed by atoms with van der Waals surface area (Å²) in [5, 5.41) is 0. The lowest BCUT2D eigenvalue weighted by Crippen LogP contribution is -2.60. The van der Waals surface area contributed by atoms with E-state index < -0.39 is 95.3 Å². The number of rotatable bonds is 37. The van der Waals surface area contributed by atoms with Gasteiger partial charge in [0.25, 0.3) is 0 Å². The van der Waals surface area contributed by atoms with E-state index >= 15 is 0 Å². The second kappa shape index (κ2) is 28.6. The molecular formula is C38H81F5O12Si8. The summed E-state index contributed by atoms with van der Waals surface area (Å²) in [4.78, 5) is 0. The van der Waals surface area contributed by atoms with Gasteiger partial charge in [-0.1, -0.05) is 37.3 Å². The lowest BCUT2D eigenvalue weighted by Gasteiger charge is -2.44. The van der Waals surface area contributed by atoms with Crippen molar-refractivity contribution in [3.05, 3.63) is 35.9 Å². The van der Waals surface area contributed by atoms with E-state index in [4.69, 9.17) is 52.2 Å². The van der Waals surface area contributed by atoms with Crippen molar-refractivity contribution in [2.75, 3.05) is 61.5 Å². The van der Waals surface area contributed by atoms with Crippen LogP contribution in [0.25, 0.3) is 0 Å². The quantitative estimate of drug-likeness (QED) is 0.0359. The van der Waals surface area contributed by atoms with E-state index in [-0.39, 0.29) is 25.7 Å². The molecule has 0 saturated heterocycles. The topological polar surface area (TPSA) is 111 Å². The van der Waals surface area contributed by atoms with Crippen molar-refractivity contribution in [3.63, 3.8) is 0 Å². The maximum Gasteiger partial charge on any atom is 0.500 e. The normalized spacial score (nSPS) is 17.3. The second-order valence-electron chi connectivity index (χ2n) is 18.2. The molecule has 0 radical (unpaired) electrons. The molecule has 0 fully saturated rings. The number of hydrogen-bond acceptors (Lipinski definition) is 12. The Morgan fingerprint density at radius 3 is 1.56 bits per heavy atom. The van der Waals surface area contributed by atoms with Crippen molar-refractivity contribution >= 4 is 69.0 Å². The molecule has 5 unspecified atom stereocenters. The molecule has 0 aromatic heterocycles. The summed E-state index contributed by atoms with van der Waals surface area (Å²) in [5.74, 6) is 0.0784. The van der Waals surface area contributed by atoms with Gasteiger partial charge in [-0.3, -0.25) is 0 Å². The van der Waals surface area contributed by atoms with Gasteiger partial charge in [0.05, 0.1) is 13.0 Å². The summed E-state index contributed by atoms with van der Waals surface area (Å²) in [6, 6.07) is 13.7. The van der Waals surface area contributed by atoms with Crippen LogP contribution < -0.4 is 0 Å². The maximum absolute atomic E-state index is 12.9. The highest BCUT2D eigenvalue weighted by Gasteiger charge is 2.51. The smallest absolute Gasteiger partial charge is 0.436 e. The van der Waals surface area contributed by atoms with E-state index in [1.807, 2.05) is 50.9 Å². The van der Waals surface area contributed by atoms with Crippen LogP contribution in [0.1, 0.15) is 44.1 Å². The predicted molar refractivity (Wildman–Crippen MR) is 256 cm³/mol. The number of alkyl halides is 5. The zero-order valence-corrected chi connectivity index (χ0v) is 48.8. The van der Waals surface area contributed by atoms with Crippen molar-refractivity contribution in [1.82, 2.24) is 0 Å². The van der Waals surface area contributed by atoms with Gasteiger partial charge in [0, 0.05) is 47.2 Å². The first kappa shape index (κ1) is 61.1. The monoisotopic (exact) mass is 1050 g/mol. The fourth-order valence-electron chi connectivity index (χ4n) is 7.89. The summed E-state index contributed by atoms with van der Waals surface area (Å²) in [6.07, 6.45) is -3.47. The molecule has 0 heterocycles. The fraction of sp³-hybridized carbons (Fsp3) is 0.842. The Balaban J connectivity index is 3.53. The third kappa shape index (κ3) is 26.5. The summed E-state index contributed by atoms with van der Waals surface area (Å²) in [6.45, 7) is 21.4. The number of halogens is 5. The molecule has 372 valence electrons. The highest BCUT2D eigenvalue weighted by atomic mass is 28.5. The lowest BCUT2D eigenvalue weighted by molar-refractivity contribution is -0.145. The van der Waals surface area contributed by atoms with Gasteiger partial charge in [-0.2, -0.15) is 13.2 Å². The van der Waals surface area contributed by atoms with Crippen molar-refractivity contribution in [1.29, 1.82) is 0 Å². The average molecular weight is 1050 g/mol. The standard InChI is InChI=1S/C38H81F5O12Si8/c1-36(37-21-16-15-17-22-37)33-62(14,53-58(8,9)28-18-24-47-27-23-38(41,42)43)55-60(12,31-32-63(44-2,45-3)46-4)51-56(5)50-59(10,11)54-61(13,30-20-26-49-35-40)52-57(6,7)29-19-25-48-34-39/h15-17,21-22,36,56H,18-20,23-35H2,1-14H3. The molecule has 1 aromatic rings. The van der Waals surface area contributed by atoms with Crippen molar-refractivity contribution in [3.8, 4) is 0 Å². The third-order valence-electron chi connectivity index (χ3n) is 10.3. The Morgan fingerprint density at radius 1 is 0.571 bits per heavy atom. The maximum atomic E-state index is 12.9. The van der Waals surface area contributed by atoms with E-state index in [1.165, 1.54) is 0 Å². The van der Waals surface area contributed by atoms with Gasteiger partial charge in [-0.15, -0.1) is 0 Å². The Labute approximate surface area is 385 Å². The Bertz CT molecular complexity index is 1380. The highest BCUT2D eigenvalue weighted by Crippen LogP contribution is 2.37. The van der Waals surface area contributed by atoms with Crippen LogP contribution in [-0.4, -0.2) is 137 Å². The largest absolute Gasteiger partial charge is 0.500 e. The van der Waals surface area contributed by atoms with Gasteiger partial charge in [0.2, 0.25) is 0 Å². The van der Waals surface area contributed by atoms with Crippen LogP contribution in [0.15, 0.2) is 30.3 Å². The lowest BCUT2D eigenvalue weighted by atomic mass is 10.0. The minimum atomic E-state index is -4.26. The fourth-order valence-corrected chi connectivity index (χ4v) is 45.5.